The van der Waals surface area contributed by atoms with Crippen LogP contribution < -0.4 is 0 Å². The van der Waals surface area contributed by atoms with E-state index >= 15 is 0 Å². The van der Waals surface area contributed by atoms with E-state index in [9.17, 15) is 0 Å². The third-order valence-corrected chi connectivity index (χ3v) is 4.36. The quantitative estimate of drug-likeness (QED) is 0.591. The summed E-state index contributed by atoms with van der Waals surface area (Å²) < 4.78 is 1.04. The highest BCUT2D eigenvalue weighted by Crippen LogP contribution is 2.34. The smallest absolute Gasteiger partial charge is 0.110 e. The van der Waals surface area contributed by atoms with Gasteiger partial charge in [0, 0.05) is 29.4 Å². The predicted octanol–water partition coefficient (Wildman–Crippen LogP) is 3.00. The van der Waals surface area contributed by atoms with Gasteiger partial charge in [0.05, 0.1) is 5.52 Å². The van der Waals surface area contributed by atoms with E-state index in [-0.39, 0.29) is 0 Å². The Labute approximate surface area is 114 Å². The number of likely N-dealkylation sites (tertiary alicyclic amines) is 1. The summed E-state index contributed by atoms with van der Waals surface area (Å²) in [7, 11) is 2.18. The number of nitrogens with zero attached hydrogens (tertiary/aromatic N) is 3. The topological polar surface area (TPSA) is 29.0 Å². The molecule has 0 aromatic carbocycles. The summed E-state index contributed by atoms with van der Waals surface area (Å²) >= 11 is 2.28. The standard InChI is InChI=1S/C13H14IN3/c1-17-7-3-5-11(17)10-8-16-13(14)9-4-2-6-15-12(9)10/h2,4,6,8,11H,3,5,7H2,1H3/t11-/m0/s1. The van der Waals surface area contributed by atoms with Gasteiger partial charge in [0.25, 0.3) is 0 Å². The van der Waals surface area contributed by atoms with Gasteiger partial charge in [-0.2, -0.15) is 0 Å². The largest absolute Gasteiger partial charge is 0.299 e. The van der Waals surface area contributed by atoms with Gasteiger partial charge in [0.1, 0.15) is 3.70 Å². The molecule has 3 nitrogen and oxygen atoms in total. The summed E-state index contributed by atoms with van der Waals surface area (Å²) in [4.78, 5) is 11.5. The highest BCUT2D eigenvalue weighted by molar-refractivity contribution is 14.1. The Kier molecular flexibility index (Phi) is 3.00. The zero-order chi connectivity index (χ0) is 11.8. The zero-order valence-electron chi connectivity index (χ0n) is 9.73. The van der Waals surface area contributed by atoms with Crippen LogP contribution in [-0.4, -0.2) is 28.5 Å². The molecule has 0 aliphatic carbocycles. The third-order valence-electron chi connectivity index (χ3n) is 3.50. The first kappa shape index (κ1) is 11.3. The molecule has 1 aliphatic rings. The van der Waals surface area contributed by atoms with Gasteiger partial charge in [-0.3, -0.25) is 9.88 Å². The van der Waals surface area contributed by atoms with Gasteiger partial charge in [-0.05, 0) is 61.2 Å². The van der Waals surface area contributed by atoms with E-state index < -0.39 is 0 Å². The Hall–Kier alpha value is -0.750. The van der Waals surface area contributed by atoms with Crippen LogP contribution in [0.2, 0.25) is 0 Å². The molecule has 2 aromatic rings. The van der Waals surface area contributed by atoms with E-state index in [2.05, 4.69) is 50.6 Å². The minimum Gasteiger partial charge on any atom is -0.299 e. The molecule has 0 radical (unpaired) electrons. The fourth-order valence-electron chi connectivity index (χ4n) is 2.61. The van der Waals surface area contributed by atoms with E-state index in [0.29, 0.717) is 6.04 Å². The highest BCUT2D eigenvalue weighted by atomic mass is 127. The number of pyridine rings is 2. The predicted molar refractivity (Wildman–Crippen MR) is 76.9 cm³/mol. The maximum absolute atomic E-state index is 4.55. The average Bonchev–Trinajstić information content (AvgIpc) is 2.77. The molecule has 0 bridgehead atoms. The van der Waals surface area contributed by atoms with Crippen molar-refractivity contribution >= 4 is 33.5 Å². The van der Waals surface area contributed by atoms with Crippen molar-refractivity contribution in [2.45, 2.75) is 18.9 Å². The first-order chi connectivity index (χ1) is 8.27. The lowest BCUT2D eigenvalue weighted by molar-refractivity contribution is 0.318. The second-order valence-corrected chi connectivity index (χ2v) is 5.56. The van der Waals surface area contributed by atoms with E-state index in [4.69, 9.17) is 0 Å². The van der Waals surface area contributed by atoms with E-state index in [1.54, 1.807) is 0 Å². The molecule has 17 heavy (non-hydrogen) atoms. The molecule has 1 saturated heterocycles. The average molecular weight is 339 g/mol. The fourth-order valence-corrected chi connectivity index (χ4v) is 3.18. The number of rotatable bonds is 1. The van der Waals surface area contributed by atoms with Crippen LogP contribution >= 0.6 is 22.6 Å². The second-order valence-electron chi connectivity index (χ2n) is 4.54. The van der Waals surface area contributed by atoms with Gasteiger partial charge < -0.3 is 0 Å². The number of hydrogen-bond acceptors (Lipinski definition) is 3. The van der Waals surface area contributed by atoms with Gasteiger partial charge in [-0.15, -0.1) is 0 Å². The van der Waals surface area contributed by atoms with E-state index in [1.165, 1.54) is 30.3 Å². The minimum atomic E-state index is 0.483. The molecule has 4 heteroatoms. The molecule has 0 unspecified atom stereocenters. The summed E-state index contributed by atoms with van der Waals surface area (Å²) in [5.41, 5.74) is 2.40. The van der Waals surface area contributed by atoms with Crippen molar-refractivity contribution in [3.8, 4) is 0 Å². The Morgan fingerprint density at radius 2 is 2.29 bits per heavy atom. The molecule has 0 N–H and O–H groups in total. The zero-order valence-corrected chi connectivity index (χ0v) is 11.9. The van der Waals surface area contributed by atoms with Crippen molar-refractivity contribution in [3.05, 3.63) is 33.8 Å². The lowest BCUT2D eigenvalue weighted by atomic mass is 10.0. The van der Waals surface area contributed by atoms with Crippen molar-refractivity contribution in [1.82, 2.24) is 14.9 Å². The maximum Gasteiger partial charge on any atom is 0.110 e. The molecule has 2 aromatic heterocycles. The van der Waals surface area contributed by atoms with Crippen LogP contribution in [0.1, 0.15) is 24.4 Å². The molecule has 0 spiro atoms. The van der Waals surface area contributed by atoms with Gasteiger partial charge in [-0.25, -0.2) is 4.98 Å². The van der Waals surface area contributed by atoms with Gasteiger partial charge in [0.2, 0.25) is 0 Å². The summed E-state index contributed by atoms with van der Waals surface area (Å²) in [5.74, 6) is 0. The summed E-state index contributed by atoms with van der Waals surface area (Å²) in [6, 6.07) is 4.57. The Morgan fingerprint density at radius 3 is 3.06 bits per heavy atom. The fraction of sp³-hybridized carbons (Fsp3) is 0.385. The maximum atomic E-state index is 4.55. The monoisotopic (exact) mass is 339 g/mol. The van der Waals surface area contributed by atoms with Crippen molar-refractivity contribution in [2.75, 3.05) is 13.6 Å². The second kappa shape index (κ2) is 4.49. The van der Waals surface area contributed by atoms with Crippen LogP contribution in [0.25, 0.3) is 10.9 Å². The molecule has 3 rings (SSSR count). The van der Waals surface area contributed by atoms with Crippen LogP contribution in [0.5, 0.6) is 0 Å². The molecule has 0 amide bonds. The van der Waals surface area contributed by atoms with Crippen molar-refractivity contribution in [2.24, 2.45) is 0 Å². The van der Waals surface area contributed by atoms with E-state index in [1.807, 2.05) is 18.5 Å². The van der Waals surface area contributed by atoms with Crippen LogP contribution in [0, 0.1) is 3.70 Å². The van der Waals surface area contributed by atoms with E-state index in [0.717, 1.165) is 9.22 Å². The molecular formula is C13H14IN3. The van der Waals surface area contributed by atoms with Crippen LogP contribution in [-0.2, 0) is 0 Å². The Morgan fingerprint density at radius 1 is 1.41 bits per heavy atom. The third kappa shape index (κ3) is 1.93. The lowest BCUT2D eigenvalue weighted by Gasteiger charge is -2.20. The number of halogens is 1. The molecule has 3 heterocycles. The first-order valence-corrected chi connectivity index (χ1v) is 6.94. The van der Waals surface area contributed by atoms with Crippen molar-refractivity contribution in [3.63, 3.8) is 0 Å². The van der Waals surface area contributed by atoms with Gasteiger partial charge >= 0.3 is 0 Å². The van der Waals surface area contributed by atoms with Crippen LogP contribution in [0.4, 0.5) is 0 Å². The molecule has 1 aliphatic heterocycles. The highest BCUT2D eigenvalue weighted by Gasteiger charge is 2.25. The Bertz CT molecular complexity index is 555. The molecule has 1 atom stereocenters. The number of hydrogen-bond donors (Lipinski definition) is 0. The Balaban J connectivity index is 2.20. The summed E-state index contributed by atoms with van der Waals surface area (Å²) in [5, 5.41) is 1.17. The first-order valence-electron chi connectivity index (χ1n) is 5.87. The van der Waals surface area contributed by atoms with Gasteiger partial charge in [-0.1, -0.05) is 0 Å². The van der Waals surface area contributed by atoms with Crippen LogP contribution in [0.3, 0.4) is 0 Å². The normalized spacial score (nSPS) is 21.2. The van der Waals surface area contributed by atoms with Crippen molar-refractivity contribution in [1.29, 1.82) is 0 Å². The summed E-state index contributed by atoms with van der Waals surface area (Å²) in [6.07, 6.45) is 6.35. The van der Waals surface area contributed by atoms with Crippen LogP contribution in [0.15, 0.2) is 24.5 Å². The lowest BCUT2D eigenvalue weighted by Crippen LogP contribution is -2.18. The molecule has 0 saturated carbocycles. The van der Waals surface area contributed by atoms with Crippen molar-refractivity contribution < 1.29 is 0 Å². The molecule has 1 fully saturated rings. The summed E-state index contributed by atoms with van der Waals surface area (Å²) in [6.45, 7) is 1.17. The minimum absolute atomic E-state index is 0.483. The molecule has 88 valence electrons. The SMILES string of the molecule is CN1CCC[C@H]1c1cnc(I)c2cccnc12. The van der Waals surface area contributed by atoms with Gasteiger partial charge in [0.15, 0.2) is 0 Å². The number of fused-ring (bicyclic) bond motifs is 1. The molecular weight excluding hydrogens is 325 g/mol. The number of aromatic nitrogens is 2.